The molecule has 1 heterocycles. The number of ether oxygens (including phenoxy) is 1. The number of aliphatic hydroxyl groups is 1. The lowest BCUT2D eigenvalue weighted by molar-refractivity contribution is -0.119. The maximum atomic E-state index is 11.9. The highest BCUT2D eigenvalue weighted by atomic mass is 16.5. The Morgan fingerprint density at radius 1 is 1.35 bits per heavy atom. The Bertz CT molecular complexity index is 471. The first kappa shape index (κ1) is 14.9. The van der Waals surface area contributed by atoms with Crippen LogP contribution >= 0.6 is 0 Å². The third kappa shape index (κ3) is 3.51. The molecule has 4 nitrogen and oxygen atoms in total. The van der Waals surface area contributed by atoms with Crippen molar-refractivity contribution in [2.24, 2.45) is 5.92 Å². The second-order valence-electron chi connectivity index (χ2n) is 5.59. The summed E-state index contributed by atoms with van der Waals surface area (Å²) < 4.78 is 5.75. The molecule has 110 valence electrons. The summed E-state index contributed by atoms with van der Waals surface area (Å²) in [5.41, 5.74) is 2.03. The molecule has 0 aliphatic carbocycles. The maximum absolute atomic E-state index is 11.9. The number of benzene rings is 1. The zero-order chi connectivity index (χ0) is 14.5. The summed E-state index contributed by atoms with van der Waals surface area (Å²) in [6, 6.07) is 5.85. The van der Waals surface area contributed by atoms with Crippen LogP contribution in [0.1, 0.15) is 32.3 Å². The van der Waals surface area contributed by atoms with Gasteiger partial charge >= 0.3 is 0 Å². The number of β-amino-alcohol motifs (C(OH)–C–C–N with tert-alkyl or cyclic N) is 1. The first-order chi connectivity index (χ1) is 9.61. The van der Waals surface area contributed by atoms with E-state index in [4.69, 9.17) is 9.84 Å². The first-order valence-corrected chi connectivity index (χ1v) is 7.28. The molecule has 0 bridgehead atoms. The Hall–Kier alpha value is -1.55. The predicted molar refractivity (Wildman–Crippen MR) is 79.2 cm³/mol. The highest BCUT2D eigenvalue weighted by molar-refractivity contribution is 5.96. The Balaban J connectivity index is 2.09. The molecule has 1 aliphatic rings. The van der Waals surface area contributed by atoms with Crippen LogP contribution in [0.25, 0.3) is 0 Å². The van der Waals surface area contributed by atoms with E-state index in [0.717, 1.165) is 36.4 Å². The van der Waals surface area contributed by atoms with Gasteiger partial charge < -0.3 is 14.7 Å². The number of nitrogens with zero attached hydrogens (tertiary/aromatic N) is 1. The summed E-state index contributed by atoms with van der Waals surface area (Å²) in [5.74, 6) is 1.58. The zero-order valence-electron chi connectivity index (χ0n) is 12.3. The third-order valence-electron chi connectivity index (χ3n) is 3.54. The van der Waals surface area contributed by atoms with Crippen LogP contribution in [0.3, 0.4) is 0 Å². The van der Waals surface area contributed by atoms with Crippen LogP contribution in [0.5, 0.6) is 5.75 Å². The number of aryl methyl sites for hydroxylation is 1. The average Bonchev–Trinajstić information content (AvgIpc) is 2.42. The van der Waals surface area contributed by atoms with Crippen molar-refractivity contribution in [1.29, 1.82) is 0 Å². The normalized spacial score (nSPS) is 14.6. The molecule has 0 spiro atoms. The minimum absolute atomic E-state index is 0.0161. The van der Waals surface area contributed by atoms with E-state index >= 15 is 0 Å². The number of anilines is 1. The van der Waals surface area contributed by atoms with Crippen LogP contribution < -0.4 is 9.64 Å². The topological polar surface area (TPSA) is 49.8 Å². The predicted octanol–water partition coefficient (Wildman–Crippen LogP) is 2.38. The van der Waals surface area contributed by atoms with E-state index in [1.54, 1.807) is 4.90 Å². The van der Waals surface area contributed by atoms with Gasteiger partial charge in [0.1, 0.15) is 5.75 Å². The molecule has 2 rings (SSSR count). The maximum Gasteiger partial charge on any atom is 0.227 e. The molecular weight excluding hydrogens is 254 g/mol. The van der Waals surface area contributed by atoms with Gasteiger partial charge in [-0.15, -0.1) is 0 Å². The summed E-state index contributed by atoms with van der Waals surface area (Å²) in [6.07, 6.45) is 2.28. The van der Waals surface area contributed by atoms with Gasteiger partial charge in [0.2, 0.25) is 5.91 Å². The standard InChI is InChI=1S/C16H23NO3/c1-12(2)7-10-20-14-4-5-15-13(11-14)3-6-16(19)17(15)8-9-18/h4-5,11-12,18H,3,6-10H2,1-2H3. The van der Waals surface area contributed by atoms with Gasteiger partial charge in [-0.25, -0.2) is 0 Å². The molecule has 0 radical (unpaired) electrons. The lowest BCUT2D eigenvalue weighted by Gasteiger charge is -2.29. The van der Waals surface area contributed by atoms with Crippen LogP contribution in [0.15, 0.2) is 18.2 Å². The van der Waals surface area contributed by atoms with E-state index in [1.165, 1.54) is 0 Å². The zero-order valence-corrected chi connectivity index (χ0v) is 12.3. The number of carbonyl (C=O) groups excluding carboxylic acids is 1. The van der Waals surface area contributed by atoms with Crippen molar-refractivity contribution in [2.75, 3.05) is 24.7 Å². The van der Waals surface area contributed by atoms with Crippen LogP contribution in [-0.4, -0.2) is 30.8 Å². The van der Waals surface area contributed by atoms with Crippen molar-refractivity contribution in [3.05, 3.63) is 23.8 Å². The minimum atomic E-state index is -0.0161. The molecule has 1 amide bonds. The molecule has 4 heteroatoms. The quantitative estimate of drug-likeness (QED) is 0.868. The lowest BCUT2D eigenvalue weighted by Crippen LogP contribution is -2.37. The number of fused-ring (bicyclic) bond motifs is 1. The van der Waals surface area contributed by atoms with Gasteiger partial charge in [-0.2, -0.15) is 0 Å². The third-order valence-corrected chi connectivity index (χ3v) is 3.54. The molecule has 1 aromatic carbocycles. The van der Waals surface area contributed by atoms with Crippen molar-refractivity contribution < 1.29 is 14.6 Å². The van der Waals surface area contributed by atoms with Crippen molar-refractivity contribution in [1.82, 2.24) is 0 Å². The van der Waals surface area contributed by atoms with Crippen molar-refractivity contribution in [3.63, 3.8) is 0 Å². The van der Waals surface area contributed by atoms with E-state index in [-0.39, 0.29) is 12.5 Å². The van der Waals surface area contributed by atoms with Crippen molar-refractivity contribution in [3.8, 4) is 5.75 Å². The summed E-state index contributed by atoms with van der Waals surface area (Å²) in [7, 11) is 0. The number of amides is 1. The Morgan fingerprint density at radius 3 is 2.85 bits per heavy atom. The monoisotopic (exact) mass is 277 g/mol. The second-order valence-corrected chi connectivity index (χ2v) is 5.59. The van der Waals surface area contributed by atoms with Crippen LogP contribution in [-0.2, 0) is 11.2 Å². The van der Waals surface area contributed by atoms with Gasteiger partial charge in [0.15, 0.2) is 0 Å². The van der Waals surface area contributed by atoms with E-state index in [1.807, 2.05) is 18.2 Å². The summed E-state index contributed by atoms with van der Waals surface area (Å²) in [4.78, 5) is 13.5. The smallest absolute Gasteiger partial charge is 0.227 e. The van der Waals surface area contributed by atoms with Crippen LogP contribution in [0.2, 0.25) is 0 Å². The van der Waals surface area contributed by atoms with E-state index in [0.29, 0.717) is 18.9 Å². The minimum Gasteiger partial charge on any atom is -0.494 e. The molecule has 1 aromatic rings. The summed E-state index contributed by atoms with van der Waals surface area (Å²) in [6.45, 7) is 5.41. The number of hydrogen-bond donors (Lipinski definition) is 1. The highest BCUT2D eigenvalue weighted by Crippen LogP contribution is 2.31. The molecule has 0 atom stereocenters. The van der Waals surface area contributed by atoms with Gasteiger partial charge in [-0.3, -0.25) is 4.79 Å². The van der Waals surface area contributed by atoms with Gasteiger partial charge in [0.25, 0.3) is 0 Å². The summed E-state index contributed by atoms with van der Waals surface area (Å²) >= 11 is 0. The molecule has 1 N–H and O–H groups in total. The fourth-order valence-corrected chi connectivity index (χ4v) is 2.38. The molecule has 0 saturated carbocycles. The lowest BCUT2D eigenvalue weighted by atomic mass is 10.0. The Morgan fingerprint density at radius 2 is 2.15 bits per heavy atom. The van der Waals surface area contributed by atoms with Gasteiger partial charge in [0.05, 0.1) is 13.2 Å². The fourth-order valence-electron chi connectivity index (χ4n) is 2.38. The molecule has 0 aromatic heterocycles. The van der Waals surface area contributed by atoms with Gasteiger partial charge in [0, 0.05) is 18.7 Å². The number of carbonyl (C=O) groups is 1. The van der Waals surface area contributed by atoms with Crippen LogP contribution in [0.4, 0.5) is 5.69 Å². The molecule has 20 heavy (non-hydrogen) atoms. The van der Waals surface area contributed by atoms with Crippen molar-refractivity contribution in [2.45, 2.75) is 33.1 Å². The van der Waals surface area contributed by atoms with Crippen LogP contribution in [0, 0.1) is 5.92 Å². The first-order valence-electron chi connectivity index (χ1n) is 7.28. The highest BCUT2D eigenvalue weighted by Gasteiger charge is 2.23. The molecule has 0 saturated heterocycles. The molecule has 0 fully saturated rings. The SMILES string of the molecule is CC(C)CCOc1ccc2c(c1)CCC(=O)N2CCO. The molecule has 1 aliphatic heterocycles. The fraction of sp³-hybridized carbons (Fsp3) is 0.562. The molecule has 0 unspecified atom stereocenters. The van der Waals surface area contributed by atoms with E-state index < -0.39 is 0 Å². The number of hydrogen-bond acceptors (Lipinski definition) is 3. The Labute approximate surface area is 120 Å². The summed E-state index contributed by atoms with van der Waals surface area (Å²) in [5, 5.41) is 9.07. The number of rotatable bonds is 6. The largest absolute Gasteiger partial charge is 0.494 e. The van der Waals surface area contributed by atoms with Gasteiger partial charge in [-0.05, 0) is 42.5 Å². The Kier molecular flexibility index (Phi) is 5.01. The second kappa shape index (κ2) is 6.75. The average molecular weight is 277 g/mol. The molecular formula is C16H23NO3. The van der Waals surface area contributed by atoms with Crippen molar-refractivity contribution >= 4 is 11.6 Å². The van der Waals surface area contributed by atoms with E-state index in [2.05, 4.69) is 13.8 Å². The van der Waals surface area contributed by atoms with E-state index in [9.17, 15) is 4.79 Å². The number of aliphatic hydroxyl groups excluding tert-OH is 1. The van der Waals surface area contributed by atoms with Gasteiger partial charge in [-0.1, -0.05) is 13.8 Å².